The number of nitrogens with two attached hydrogens (primary N) is 1. The minimum atomic E-state index is 0.206. The maximum atomic E-state index is 12.3. The average Bonchev–Trinajstić information content (AvgIpc) is 2.86. The van der Waals surface area contributed by atoms with Crippen LogP contribution >= 0.6 is 11.3 Å². The van der Waals surface area contributed by atoms with Crippen LogP contribution in [0.2, 0.25) is 0 Å². The SMILES string of the molecule is CCN(CC)C(=O)C1CCN(Cc2cnc(N)s2)CC1. The van der Waals surface area contributed by atoms with Crippen LogP contribution in [0.5, 0.6) is 0 Å². The van der Waals surface area contributed by atoms with E-state index in [9.17, 15) is 4.79 Å². The van der Waals surface area contributed by atoms with Gasteiger partial charge in [-0.2, -0.15) is 0 Å². The van der Waals surface area contributed by atoms with E-state index < -0.39 is 0 Å². The number of carbonyl (C=O) groups is 1. The number of likely N-dealkylation sites (tertiary alicyclic amines) is 1. The molecule has 1 aliphatic rings. The molecular formula is C14H24N4OS. The molecule has 1 saturated heterocycles. The van der Waals surface area contributed by atoms with Crippen molar-refractivity contribution in [3.63, 3.8) is 0 Å². The van der Waals surface area contributed by atoms with Gasteiger partial charge in [0.25, 0.3) is 0 Å². The van der Waals surface area contributed by atoms with Crippen molar-refractivity contribution in [3.8, 4) is 0 Å². The van der Waals surface area contributed by atoms with Crippen LogP contribution in [0.3, 0.4) is 0 Å². The zero-order valence-electron chi connectivity index (χ0n) is 12.3. The highest BCUT2D eigenvalue weighted by Crippen LogP contribution is 2.23. The Balaban J connectivity index is 1.81. The Morgan fingerprint density at radius 1 is 1.45 bits per heavy atom. The molecule has 0 spiro atoms. The lowest BCUT2D eigenvalue weighted by molar-refractivity contribution is -0.136. The molecule has 2 N–H and O–H groups in total. The third kappa shape index (κ3) is 3.70. The highest BCUT2D eigenvalue weighted by Gasteiger charge is 2.27. The first kappa shape index (κ1) is 15.3. The van der Waals surface area contributed by atoms with Gasteiger partial charge in [0.15, 0.2) is 5.13 Å². The summed E-state index contributed by atoms with van der Waals surface area (Å²) in [6.45, 7) is 8.59. The molecule has 2 heterocycles. The van der Waals surface area contributed by atoms with Gasteiger partial charge in [-0.05, 0) is 39.8 Å². The van der Waals surface area contributed by atoms with Crippen molar-refractivity contribution in [2.24, 2.45) is 5.92 Å². The average molecular weight is 296 g/mol. The van der Waals surface area contributed by atoms with Crippen LogP contribution in [0.25, 0.3) is 0 Å². The summed E-state index contributed by atoms with van der Waals surface area (Å²) >= 11 is 1.55. The lowest BCUT2D eigenvalue weighted by atomic mass is 9.95. The van der Waals surface area contributed by atoms with Crippen molar-refractivity contribution in [1.82, 2.24) is 14.8 Å². The van der Waals surface area contributed by atoms with Crippen LogP contribution < -0.4 is 5.73 Å². The van der Waals surface area contributed by atoms with Crippen molar-refractivity contribution in [2.45, 2.75) is 33.2 Å². The number of hydrogen-bond donors (Lipinski definition) is 1. The lowest BCUT2D eigenvalue weighted by Gasteiger charge is -2.33. The molecule has 0 aromatic carbocycles. The third-order valence-electron chi connectivity index (χ3n) is 3.96. The van der Waals surface area contributed by atoms with Crippen molar-refractivity contribution in [1.29, 1.82) is 0 Å². The molecule has 0 aliphatic carbocycles. The number of nitrogens with zero attached hydrogens (tertiary/aromatic N) is 3. The van der Waals surface area contributed by atoms with Gasteiger partial charge in [0, 0.05) is 36.6 Å². The van der Waals surface area contributed by atoms with E-state index in [0.29, 0.717) is 11.0 Å². The zero-order valence-corrected chi connectivity index (χ0v) is 13.2. The summed E-state index contributed by atoms with van der Waals surface area (Å²) < 4.78 is 0. The van der Waals surface area contributed by atoms with Gasteiger partial charge >= 0.3 is 0 Å². The van der Waals surface area contributed by atoms with Gasteiger partial charge in [0.2, 0.25) is 5.91 Å². The number of rotatable bonds is 5. The number of aromatic nitrogens is 1. The molecule has 0 radical (unpaired) electrons. The molecule has 1 amide bonds. The summed E-state index contributed by atoms with van der Waals surface area (Å²) in [6.07, 6.45) is 3.78. The molecule has 1 fully saturated rings. The molecule has 0 atom stereocenters. The van der Waals surface area contributed by atoms with Crippen molar-refractivity contribution in [3.05, 3.63) is 11.1 Å². The molecule has 0 unspecified atom stereocenters. The largest absolute Gasteiger partial charge is 0.375 e. The first-order chi connectivity index (χ1) is 9.63. The van der Waals surface area contributed by atoms with E-state index in [2.05, 4.69) is 9.88 Å². The van der Waals surface area contributed by atoms with E-state index in [1.54, 1.807) is 11.3 Å². The fourth-order valence-electron chi connectivity index (χ4n) is 2.75. The van der Waals surface area contributed by atoms with E-state index >= 15 is 0 Å². The van der Waals surface area contributed by atoms with E-state index in [0.717, 1.165) is 45.6 Å². The van der Waals surface area contributed by atoms with E-state index in [-0.39, 0.29) is 5.92 Å². The maximum absolute atomic E-state index is 12.3. The molecule has 6 heteroatoms. The third-order valence-corrected chi connectivity index (χ3v) is 4.77. The zero-order chi connectivity index (χ0) is 14.5. The number of anilines is 1. The Hall–Kier alpha value is -1.14. The molecule has 5 nitrogen and oxygen atoms in total. The van der Waals surface area contributed by atoms with Gasteiger partial charge in [0.1, 0.15) is 0 Å². The Morgan fingerprint density at radius 2 is 2.10 bits per heavy atom. The van der Waals surface area contributed by atoms with Crippen LogP contribution in [0.4, 0.5) is 5.13 Å². The minimum Gasteiger partial charge on any atom is -0.375 e. The van der Waals surface area contributed by atoms with Crippen LogP contribution in [0, 0.1) is 5.92 Å². The van der Waals surface area contributed by atoms with Crippen molar-refractivity contribution >= 4 is 22.4 Å². The lowest BCUT2D eigenvalue weighted by Crippen LogP contribution is -2.42. The summed E-state index contributed by atoms with van der Waals surface area (Å²) in [5, 5.41) is 0.631. The molecule has 2 rings (SSSR count). The van der Waals surface area contributed by atoms with E-state index in [4.69, 9.17) is 5.73 Å². The summed E-state index contributed by atoms with van der Waals surface area (Å²) in [5.74, 6) is 0.536. The number of thiazole rings is 1. The number of carbonyl (C=O) groups excluding carboxylic acids is 1. The quantitative estimate of drug-likeness (QED) is 0.900. The monoisotopic (exact) mass is 296 g/mol. The summed E-state index contributed by atoms with van der Waals surface area (Å²) in [7, 11) is 0. The molecule has 112 valence electrons. The second-order valence-corrected chi connectivity index (χ2v) is 6.37. The van der Waals surface area contributed by atoms with Crippen LogP contribution in [0.15, 0.2) is 6.20 Å². The summed E-state index contributed by atoms with van der Waals surface area (Å²) in [4.78, 5) is 21.9. The topological polar surface area (TPSA) is 62.5 Å². The minimum absolute atomic E-state index is 0.206. The maximum Gasteiger partial charge on any atom is 0.225 e. The summed E-state index contributed by atoms with van der Waals surface area (Å²) in [5.41, 5.74) is 5.65. The molecule has 0 saturated carbocycles. The molecule has 1 aliphatic heterocycles. The molecule has 1 aromatic rings. The van der Waals surface area contributed by atoms with Gasteiger partial charge in [0.05, 0.1) is 0 Å². The van der Waals surface area contributed by atoms with Crippen molar-refractivity contribution in [2.75, 3.05) is 31.9 Å². The molecule has 0 bridgehead atoms. The molecule has 1 aromatic heterocycles. The Morgan fingerprint density at radius 3 is 2.60 bits per heavy atom. The first-order valence-electron chi connectivity index (χ1n) is 7.35. The molecular weight excluding hydrogens is 272 g/mol. The Bertz CT molecular complexity index is 436. The highest BCUT2D eigenvalue weighted by atomic mass is 32.1. The second-order valence-electron chi connectivity index (χ2n) is 5.23. The van der Waals surface area contributed by atoms with Crippen molar-refractivity contribution < 1.29 is 4.79 Å². The van der Waals surface area contributed by atoms with Gasteiger partial charge in [-0.15, -0.1) is 11.3 Å². The highest BCUT2D eigenvalue weighted by molar-refractivity contribution is 7.15. The second kappa shape index (κ2) is 7.04. The van der Waals surface area contributed by atoms with Gasteiger partial charge in [-0.1, -0.05) is 0 Å². The fraction of sp³-hybridized carbons (Fsp3) is 0.714. The van der Waals surface area contributed by atoms with Gasteiger partial charge in [-0.25, -0.2) is 4.98 Å². The number of hydrogen-bond acceptors (Lipinski definition) is 5. The normalized spacial score (nSPS) is 17.3. The summed E-state index contributed by atoms with van der Waals surface area (Å²) in [6, 6.07) is 0. The molecule has 20 heavy (non-hydrogen) atoms. The predicted molar refractivity (Wildman–Crippen MR) is 82.5 cm³/mol. The van der Waals surface area contributed by atoms with Crippen LogP contribution in [-0.2, 0) is 11.3 Å². The number of nitrogen functional groups attached to an aromatic ring is 1. The number of piperidine rings is 1. The Kier molecular flexibility index (Phi) is 5.37. The van der Waals surface area contributed by atoms with Gasteiger partial charge < -0.3 is 10.6 Å². The fourth-order valence-corrected chi connectivity index (χ4v) is 3.47. The smallest absolute Gasteiger partial charge is 0.225 e. The van der Waals surface area contributed by atoms with Gasteiger partial charge in [-0.3, -0.25) is 9.69 Å². The predicted octanol–water partition coefficient (Wildman–Crippen LogP) is 1.81. The first-order valence-corrected chi connectivity index (χ1v) is 8.17. The van der Waals surface area contributed by atoms with E-state index in [1.807, 2.05) is 24.9 Å². The van der Waals surface area contributed by atoms with E-state index in [1.165, 1.54) is 4.88 Å². The van der Waals surface area contributed by atoms with Crippen LogP contribution in [0.1, 0.15) is 31.6 Å². The Labute approximate surface area is 124 Å². The number of amides is 1. The standard InChI is InChI=1S/C14H24N4OS/c1-3-18(4-2)13(19)11-5-7-17(8-6-11)10-12-9-16-14(15)20-12/h9,11H,3-8,10H2,1-2H3,(H2,15,16). The van der Waals surface area contributed by atoms with Crippen LogP contribution in [-0.4, -0.2) is 46.9 Å².